The minimum atomic E-state index is 0.611. The molecule has 98 valence electrons. The lowest BCUT2D eigenvalue weighted by Crippen LogP contribution is -2.06. The maximum Gasteiger partial charge on any atom is 0.129 e. The van der Waals surface area contributed by atoms with Crippen LogP contribution in [0.5, 0.6) is 0 Å². The van der Waals surface area contributed by atoms with Crippen LogP contribution in [0.15, 0.2) is 42.6 Å². The molecule has 1 aromatic heterocycles. The summed E-state index contributed by atoms with van der Waals surface area (Å²) in [5, 5.41) is 0.611. The Bertz CT molecular complexity index is 544. The largest absolute Gasteiger partial charge is 0.244 e. The zero-order valence-corrected chi connectivity index (χ0v) is 11.7. The molecule has 2 heteroatoms. The van der Waals surface area contributed by atoms with E-state index in [1.807, 2.05) is 12.3 Å². The predicted octanol–water partition coefficient (Wildman–Crippen LogP) is 5.45. The number of pyridine rings is 1. The third-order valence-corrected chi connectivity index (χ3v) is 4.24. The minimum Gasteiger partial charge on any atom is -0.244 e. The van der Waals surface area contributed by atoms with Crippen LogP contribution in [0, 0.1) is 0 Å². The Morgan fingerprint density at radius 1 is 1.00 bits per heavy atom. The van der Waals surface area contributed by atoms with Gasteiger partial charge in [0.1, 0.15) is 5.15 Å². The molecular formula is C17H18ClN. The first-order valence-corrected chi connectivity index (χ1v) is 7.43. The topological polar surface area (TPSA) is 12.9 Å². The van der Waals surface area contributed by atoms with Crippen molar-refractivity contribution >= 4 is 11.6 Å². The summed E-state index contributed by atoms with van der Waals surface area (Å²) in [5.41, 5.74) is 3.87. The van der Waals surface area contributed by atoms with E-state index in [0.29, 0.717) is 11.1 Å². The first kappa shape index (κ1) is 12.7. The molecule has 2 aromatic rings. The Morgan fingerprint density at radius 3 is 2.47 bits per heavy atom. The zero-order valence-electron chi connectivity index (χ0n) is 11.0. The van der Waals surface area contributed by atoms with Crippen molar-refractivity contribution in [1.82, 2.24) is 4.98 Å². The Labute approximate surface area is 119 Å². The molecule has 1 heterocycles. The molecule has 1 aliphatic carbocycles. The van der Waals surface area contributed by atoms with E-state index in [4.69, 9.17) is 11.6 Å². The smallest absolute Gasteiger partial charge is 0.129 e. The first-order valence-electron chi connectivity index (χ1n) is 7.05. The molecule has 1 aromatic carbocycles. The molecule has 3 rings (SSSR count). The Hall–Kier alpha value is -1.34. The fourth-order valence-electron chi connectivity index (χ4n) is 3.05. The molecule has 1 fully saturated rings. The van der Waals surface area contributed by atoms with E-state index in [1.165, 1.54) is 48.8 Å². The Balaban J connectivity index is 2.04. The van der Waals surface area contributed by atoms with Gasteiger partial charge in [-0.05, 0) is 36.0 Å². The van der Waals surface area contributed by atoms with E-state index in [-0.39, 0.29) is 0 Å². The van der Waals surface area contributed by atoms with Crippen molar-refractivity contribution in [3.8, 4) is 11.1 Å². The van der Waals surface area contributed by atoms with E-state index >= 15 is 0 Å². The summed E-state index contributed by atoms with van der Waals surface area (Å²) in [4.78, 5) is 4.28. The van der Waals surface area contributed by atoms with Crippen LogP contribution in [0.4, 0.5) is 0 Å². The lowest BCUT2D eigenvalue weighted by molar-refractivity contribution is 0.444. The number of nitrogens with zero attached hydrogens (tertiary/aromatic N) is 1. The van der Waals surface area contributed by atoms with Gasteiger partial charge >= 0.3 is 0 Å². The number of aromatic nitrogens is 1. The van der Waals surface area contributed by atoms with Crippen molar-refractivity contribution in [3.63, 3.8) is 0 Å². The first-order chi connectivity index (χ1) is 9.34. The van der Waals surface area contributed by atoms with Crippen LogP contribution < -0.4 is 0 Å². The molecule has 19 heavy (non-hydrogen) atoms. The Kier molecular flexibility index (Phi) is 3.84. The highest BCUT2D eigenvalue weighted by Crippen LogP contribution is 2.38. The maximum atomic E-state index is 6.11. The molecule has 0 bridgehead atoms. The third kappa shape index (κ3) is 2.82. The average molecular weight is 272 g/mol. The fraction of sp³-hybridized carbons (Fsp3) is 0.353. The lowest BCUT2D eigenvalue weighted by Gasteiger charge is -2.24. The number of hydrogen-bond donors (Lipinski definition) is 0. The number of halogens is 1. The second-order valence-corrected chi connectivity index (χ2v) is 5.68. The van der Waals surface area contributed by atoms with Crippen LogP contribution in [0.2, 0.25) is 5.15 Å². The summed E-state index contributed by atoms with van der Waals surface area (Å²) in [6.45, 7) is 0. The SMILES string of the molecule is Clc1cc(C2CCCCC2)c(-c2ccccc2)cn1. The molecule has 0 amide bonds. The van der Waals surface area contributed by atoms with Gasteiger partial charge in [-0.1, -0.05) is 61.2 Å². The summed E-state index contributed by atoms with van der Waals surface area (Å²) < 4.78 is 0. The third-order valence-electron chi connectivity index (χ3n) is 4.03. The quantitative estimate of drug-likeness (QED) is 0.662. The van der Waals surface area contributed by atoms with Gasteiger partial charge in [-0.2, -0.15) is 0 Å². The summed E-state index contributed by atoms with van der Waals surface area (Å²) in [6, 6.07) is 12.6. The van der Waals surface area contributed by atoms with Gasteiger partial charge in [0.25, 0.3) is 0 Å². The number of rotatable bonds is 2. The maximum absolute atomic E-state index is 6.11. The van der Waals surface area contributed by atoms with Crippen molar-refractivity contribution in [2.75, 3.05) is 0 Å². The fourth-order valence-corrected chi connectivity index (χ4v) is 3.22. The molecule has 1 nitrogen and oxygen atoms in total. The molecular weight excluding hydrogens is 254 g/mol. The normalized spacial score (nSPS) is 16.5. The summed E-state index contributed by atoms with van der Waals surface area (Å²) in [5.74, 6) is 0.643. The standard InChI is InChI=1S/C17H18ClN/c18-17-11-15(13-7-3-1-4-8-13)16(12-19-17)14-9-5-2-6-10-14/h2,5-6,9-13H,1,3-4,7-8H2. The van der Waals surface area contributed by atoms with Crippen LogP contribution in [0.3, 0.4) is 0 Å². The highest BCUT2D eigenvalue weighted by molar-refractivity contribution is 6.29. The molecule has 0 unspecified atom stereocenters. The van der Waals surface area contributed by atoms with E-state index in [2.05, 4.69) is 35.3 Å². The van der Waals surface area contributed by atoms with Crippen LogP contribution in [-0.4, -0.2) is 4.98 Å². The van der Waals surface area contributed by atoms with E-state index < -0.39 is 0 Å². The number of hydrogen-bond acceptors (Lipinski definition) is 1. The molecule has 0 N–H and O–H groups in total. The van der Waals surface area contributed by atoms with Gasteiger partial charge in [0, 0.05) is 11.8 Å². The molecule has 0 spiro atoms. The van der Waals surface area contributed by atoms with Gasteiger partial charge in [-0.15, -0.1) is 0 Å². The summed E-state index contributed by atoms with van der Waals surface area (Å²) in [6.07, 6.45) is 8.52. The van der Waals surface area contributed by atoms with Crippen molar-refractivity contribution in [2.24, 2.45) is 0 Å². The van der Waals surface area contributed by atoms with Gasteiger partial charge < -0.3 is 0 Å². The molecule has 0 saturated heterocycles. The second-order valence-electron chi connectivity index (χ2n) is 5.30. The average Bonchev–Trinajstić information content (AvgIpc) is 2.49. The molecule has 1 aliphatic rings. The van der Waals surface area contributed by atoms with Gasteiger partial charge in [-0.25, -0.2) is 4.98 Å². The van der Waals surface area contributed by atoms with Crippen molar-refractivity contribution in [1.29, 1.82) is 0 Å². The van der Waals surface area contributed by atoms with Gasteiger partial charge in [-0.3, -0.25) is 0 Å². The van der Waals surface area contributed by atoms with Crippen LogP contribution in [0.25, 0.3) is 11.1 Å². The van der Waals surface area contributed by atoms with Crippen molar-refractivity contribution in [2.45, 2.75) is 38.0 Å². The van der Waals surface area contributed by atoms with Gasteiger partial charge in [0.15, 0.2) is 0 Å². The highest BCUT2D eigenvalue weighted by atomic mass is 35.5. The van der Waals surface area contributed by atoms with Gasteiger partial charge in [0.2, 0.25) is 0 Å². The summed E-state index contributed by atoms with van der Waals surface area (Å²) in [7, 11) is 0. The highest BCUT2D eigenvalue weighted by Gasteiger charge is 2.19. The minimum absolute atomic E-state index is 0.611. The van der Waals surface area contributed by atoms with Gasteiger partial charge in [0.05, 0.1) is 0 Å². The van der Waals surface area contributed by atoms with Crippen molar-refractivity contribution in [3.05, 3.63) is 53.3 Å². The Morgan fingerprint density at radius 2 is 1.74 bits per heavy atom. The summed E-state index contributed by atoms with van der Waals surface area (Å²) >= 11 is 6.11. The lowest BCUT2D eigenvalue weighted by atomic mass is 9.81. The zero-order chi connectivity index (χ0) is 13.1. The molecule has 0 radical (unpaired) electrons. The van der Waals surface area contributed by atoms with Crippen LogP contribution in [-0.2, 0) is 0 Å². The van der Waals surface area contributed by atoms with Crippen LogP contribution in [0.1, 0.15) is 43.6 Å². The van der Waals surface area contributed by atoms with Crippen molar-refractivity contribution < 1.29 is 0 Å². The van der Waals surface area contributed by atoms with E-state index in [9.17, 15) is 0 Å². The number of benzene rings is 1. The van der Waals surface area contributed by atoms with Crippen LogP contribution >= 0.6 is 11.6 Å². The predicted molar refractivity (Wildman–Crippen MR) is 80.5 cm³/mol. The van der Waals surface area contributed by atoms with E-state index in [0.717, 1.165) is 0 Å². The monoisotopic (exact) mass is 271 g/mol. The molecule has 1 saturated carbocycles. The molecule has 0 aliphatic heterocycles. The second kappa shape index (κ2) is 5.75. The van der Waals surface area contributed by atoms with E-state index in [1.54, 1.807) is 0 Å². The molecule has 0 atom stereocenters.